The Labute approximate surface area is 153 Å². The minimum Gasteiger partial charge on any atom is -0.237 e. The summed E-state index contributed by atoms with van der Waals surface area (Å²) in [4.78, 5) is 0. The van der Waals surface area contributed by atoms with E-state index < -0.39 is 0 Å². The fraction of sp³-hybridized carbons (Fsp3) is 0.286. The van der Waals surface area contributed by atoms with Gasteiger partial charge >= 0.3 is 0 Å². The minimum absolute atomic E-state index is 0.0832. The quantitative estimate of drug-likeness (QED) is 0.548. The maximum Gasteiger partial charge on any atom is 0.113 e. The second kappa shape index (κ2) is 6.41. The van der Waals surface area contributed by atoms with Gasteiger partial charge in [0, 0.05) is 11.3 Å². The highest BCUT2D eigenvalue weighted by molar-refractivity contribution is 5.74. The molecule has 1 atom stereocenters. The monoisotopic (exact) mass is 345 g/mol. The second-order valence-corrected chi connectivity index (χ2v) is 7.04. The highest BCUT2D eigenvalue weighted by atomic mass is 15.4. The van der Waals surface area contributed by atoms with Crippen LogP contribution in [-0.4, -0.2) is 24.8 Å². The average molecular weight is 345 g/mol. The van der Waals surface area contributed by atoms with Gasteiger partial charge in [-0.05, 0) is 44.0 Å². The third-order valence-corrected chi connectivity index (χ3v) is 4.92. The molecule has 0 bridgehead atoms. The zero-order valence-corrected chi connectivity index (χ0v) is 15.6. The first kappa shape index (κ1) is 16.5. The van der Waals surface area contributed by atoms with Crippen molar-refractivity contribution in [2.45, 2.75) is 33.7 Å². The van der Waals surface area contributed by atoms with E-state index in [-0.39, 0.29) is 6.04 Å². The van der Waals surface area contributed by atoms with E-state index in [2.05, 4.69) is 56.2 Å². The molecule has 4 aromatic rings. The molecule has 4 rings (SSSR count). The molecule has 5 heteroatoms. The Bertz CT molecular complexity index is 1040. The number of hydrogen-bond acceptors (Lipinski definition) is 3. The maximum atomic E-state index is 4.83. The second-order valence-electron chi connectivity index (χ2n) is 7.04. The standard InChI is InChI=1S/C21H23N5/c1-14(2)21(26-19-13-9-8-12-18(19)22-24-26)20-15(3)23-25(16(20)4)17-10-6-5-7-11-17/h5-14,21H,1-4H3. The molecule has 5 nitrogen and oxygen atoms in total. The summed E-state index contributed by atoms with van der Waals surface area (Å²) in [5.74, 6) is 0.353. The summed E-state index contributed by atoms with van der Waals surface area (Å²) in [7, 11) is 0. The van der Waals surface area contributed by atoms with Crippen molar-refractivity contribution in [3.63, 3.8) is 0 Å². The van der Waals surface area contributed by atoms with Gasteiger partial charge in [-0.25, -0.2) is 9.36 Å². The molecule has 0 N–H and O–H groups in total. The van der Waals surface area contributed by atoms with Gasteiger partial charge in [-0.15, -0.1) is 5.10 Å². The van der Waals surface area contributed by atoms with E-state index in [1.807, 2.05) is 45.8 Å². The van der Waals surface area contributed by atoms with E-state index in [9.17, 15) is 0 Å². The Balaban J connectivity index is 1.90. The number of rotatable bonds is 4. The van der Waals surface area contributed by atoms with Crippen LogP contribution in [0.2, 0.25) is 0 Å². The zero-order chi connectivity index (χ0) is 18.3. The van der Waals surface area contributed by atoms with Crippen molar-refractivity contribution in [1.82, 2.24) is 24.8 Å². The van der Waals surface area contributed by atoms with E-state index in [0.717, 1.165) is 28.1 Å². The van der Waals surface area contributed by atoms with E-state index >= 15 is 0 Å². The summed E-state index contributed by atoms with van der Waals surface area (Å²) in [6.45, 7) is 8.66. The number of fused-ring (bicyclic) bond motifs is 1. The van der Waals surface area contributed by atoms with Crippen LogP contribution < -0.4 is 0 Å². The van der Waals surface area contributed by atoms with Crippen molar-refractivity contribution < 1.29 is 0 Å². The van der Waals surface area contributed by atoms with E-state index in [0.29, 0.717) is 5.92 Å². The molecule has 0 saturated heterocycles. The van der Waals surface area contributed by atoms with Gasteiger partial charge in [-0.3, -0.25) is 0 Å². The van der Waals surface area contributed by atoms with Gasteiger partial charge in [0.05, 0.1) is 22.9 Å². The number of aryl methyl sites for hydroxylation is 1. The number of aromatic nitrogens is 5. The molecule has 2 heterocycles. The van der Waals surface area contributed by atoms with Crippen LogP contribution >= 0.6 is 0 Å². The smallest absolute Gasteiger partial charge is 0.113 e. The first-order chi connectivity index (χ1) is 12.6. The number of nitrogens with zero attached hydrogens (tertiary/aromatic N) is 5. The molecule has 2 aromatic carbocycles. The summed E-state index contributed by atoms with van der Waals surface area (Å²) >= 11 is 0. The molecular formula is C21H23N5. The van der Waals surface area contributed by atoms with Crippen LogP contribution in [0.4, 0.5) is 0 Å². The Morgan fingerprint density at radius 3 is 2.31 bits per heavy atom. The summed E-state index contributed by atoms with van der Waals surface area (Å²) in [6, 6.07) is 18.5. The number of para-hydroxylation sites is 2. The normalized spacial score (nSPS) is 12.8. The maximum absolute atomic E-state index is 4.83. The lowest BCUT2D eigenvalue weighted by molar-refractivity contribution is 0.401. The molecular weight excluding hydrogens is 322 g/mol. The van der Waals surface area contributed by atoms with Crippen molar-refractivity contribution in [1.29, 1.82) is 0 Å². The molecule has 0 radical (unpaired) electrons. The van der Waals surface area contributed by atoms with Gasteiger partial charge in [0.2, 0.25) is 0 Å². The Hall–Kier alpha value is -2.95. The summed E-state index contributed by atoms with van der Waals surface area (Å²) in [6.07, 6.45) is 0. The van der Waals surface area contributed by atoms with Crippen LogP contribution in [0.25, 0.3) is 16.7 Å². The fourth-order valence-electron chi connectivity index (χ4n) is 3.73. The molecule has 0 saturated carbocycles. The molecule has 0 fully saturated rings. The summed E-state index contributed by atoms with van der Waals surface area (Å²) in [5, 5.41) is 13.7. The lowest BCUT2D eigenvalue weighted by atomic mass is 9.94. The topological polar surface area (TPSA) is 48.5 Å². The molecule has 0 aliphatic rings. The first-order valence-corrected chi connectivity index (χ1v) is 8.99. The van der Waals surface area contributed by atoms with Crippen LogP contribution in [0.5, 0.6) is 0 Å². The molecule has 0 spiro atoms. The largest absolute Gasteiger partial charge is 0.237 e. The van der Waals surface area contributed by atoms with Gasteiger partial charge in [-0.1, -0.05) is 49.4 Å². The Morgan fingerprint density at radius 1 is 0.885 bits per heavy atom. The van der Waals surface area contributed by atoms with Crippen molar-refractivity contribution in [3.05, 3.63) is 71.5 Å². The van der Waals surface area contributed by atoms with Gasteiger partial charge in [0.1, 0.15) is 5.52 Å². The molecule has 26 heavy (non-hydrogen) atoms. The molecule has 0 aliphatic heterocycles. The molecule has 132 valence electrons. The molecule has 2 aromatic heterocycles. The summed E-state index contributed by atoms with van der Waals surface area (Å²) in [5.41, 5.74) is 6.45. The highest BCUT2D eigenvalue weighted by Crippen LogP contribution is 2.33. The Kier molecular flexibility index (Phi) is 4.07. The van der Waals surface area contributed by atoms with Crippen LogP contribution in [0.1, 0.15) is 36.8 Å². The lowest BCUT2D eigenvalue weighted by Crippen LogP contribution is -2.19. The Morgan fingerprint density at radius 2 is 1.58 bits per heavy atom. The van der Waals surface area contributed by atoms with Gasteiger partial charge in [0.25, 0.3) is 0 Å². The van der Waals surface area contributed by atoms with Gasteiger partial charge in [-0.2, -0.15) is 5.10 Å². The summed E-state index contributed by atoms with van der Waals surface area (Å²) < 4.78 is 4.07. The van der Waals surface area contributed by atoms with E-state index in [4.69, 9.17) is 5.10 Å². The third-order valence-electron chi connectivity index (χ3n) is 4.92. The third kappa shape index (κ3) is 2.60. The van der Waals surface area contributed by atoms with Crippen LogP contribution in [0.3, 0.4) is 0 Å². The average Bonchev–Trinajstić information content (AvgIpc) is 3.19. The van der Waals surface area contributed by atoms with Crippen molar-refractivity contribution in [3.8, 4) is 5.69 Å². The zero-order valence-electron chi connectivity index (χ0n) is 15.6. The lowest BCUT2D eigenvalue weighted by Gasteiger charge is -2.22. The predicted molar refractivity (Wildman–Crippen MR) is 104 cm³/mol. The molecule has 1 unspecified atom stereocenters. The number of hydrogen-bond donors (Lipinski definition) is 0. The first-order valence-electron chi connectivity index (χ1n) is 8.99. The van der Waals surface area contributed by atoms with E-state index in [1.165, 1.54) is 5.56 Å². The highest BCUT2D eigenvalue weighted by Gasteiger charge is 2.28. The predicted octanol–water partition coefficient (Wildman–Crippen LogP) is 4.48. The fourth-order valence-corrected chi connectivity index (χ4v) is 3.73. The van der Waals surface area contributed by atoms with Crippen molar-refractivity contribution in [2.24, 2.45) is 5.92 Å². The molecule has 0 amide bonds. The van der Waals surface area contributed by atoms with Crippen molar-refractivity contribution in [2.75, 3.05) is 0 Å². The van der Waals surface area contributed by atoms with Gasteiger partial charge < -0.3 is 0 Å². The van der Waals surface area contributed by atoms with Gasteiger partial charge in [0.15, 0.2) is 0 Å². The van der Waals surface area contributed by atoms with Crippen molar-refractivity contribution >= 4 is 11.0 Å². The number of benzene rings is 2. The van der Waals surface area contributed by atoms with Crippen LogP contribution in [0.15, 0.2) is 54.6 Å². The minimum atomic E-state index is 0.0832. The molecule has 0 aliphatic carbocycles. The van der Waals surface area contributed by atoms with Crippen LogP contribution in [-0.2, 0) is 0 Å². The van der Waals surface area contributed by atoms with Crippen LogP contribution in [0, 0.1) is 19.8 Å². The van der Waals surface area contributed by atoms with E-state index in [1.54, 1.807) is 0 Å². The SMILES string of the molecule is Cc1nn(-c2ccccc2)c(C)c1C(C(C)C)n1nnc2ccccc21.